The topological polar surface area (TPSA) is 237 Å². The Bertz CT molecular complexity index is 2350. The summed E-state index contributed by atoms with van der Waals surface area (Å²) < 4.78 is 68.7. The minimum atomic E-state index is -4.98. The van der Waals surface area contributed by atoms with Crippen LogP contribution >= 0.6 is 15.6 Å². The average Bonchev–Trinajstić information content (AvgIpc) is 0.931. The number of aliphatic hydroxyl groups excluding tert-OH is 1. The summed E-state index contributed by atoms with van der Waals surface area (Å²) in [6, 6.07) is 0. The molecule has 0 spiro atoms. The molecule has 0 aliphatic heterocycles. The van der Waals surface area contributed by atoms with Crippen molar-refractivity contribution in [1.82, 2.24) is 0 Å². The number of carbonyl (C=O) groups is 4. The van der Waals surface area contributed by atoms with Gasteiger partial charge >= 0.3 is 39.5 Å². The van der Waals surface area contributed by atoms with Gasteiger partial charge in [0.2, 0.25) is 0 Å². The van der Waals surface area contributed by atoms with Gasteiger partial charge in [0.05, 0.1) is 26.4 Å². The second kappa shape index (κ2) is 77.1. The van der Waals surface area contributed by atoms with Crippen molar-refractivity contribution in [1.29, 1.82) is 0 Å². The standard InChI is InChI=1S/C85H150O17P2/c1-5-9-13-17-21-25-29-32-35-37-39-41-44-46-50-53-57-61-65-69-82(87)95-75-80(101-84(89)71-67-63-59-55-49-28-24-20-16-12-8-4)77-99-103(91,92)97-73-79(86)74-98-104(93,94)100-78-81(102-85(90)72-68-64-60-56-52-48-43-34-31-27-23-19-15-11-7-3)76-96-83(88)70-66-62-58-54-51-47-45-42-40-38-36-33-30-26-22-18-14-10-6-2/h9,13,20-22,24-26,32-33,35-36,39-42,79-81,86H,5-8,10-12,14-19,23,27-31,34,37-38,43-78H2,1-4H3,(H,91,92)(H,93,94)/b13-9-,24-20-,25-21-,26-22-,35-32-,36-33-,41-39-,42-40-. The van der Waals surface area contributed by atoms with Crippen LogP contribution in [0.3, 0.4) is 0 Å². The number of esters is 4. The number of ether oxygens (including phenoxy) is 4. The number of hydrogen-bond donors (Lipinski definition) is 3. The van der Waals surface area contributed by atoms with Gasteiger partial charge < -0.3 is 33.8 Å². The van der Waals surface area contributed by atoms with E-state index in [2.05, 4.69) is 125 Å². The van der Waals surface area contributed by atoms with Crippen LogP contribution in [0.25, 0.3) is 0 Å². The maximum Gasteiger partial charge on any atom is 0.472 e. The number of unbranched alkanes of at least 4 members (excludes halogenated alkanes) is 36. The summed E-state index contributed by atoms with van der Waals surface area (Å²) in [5, 5.41) is 10.6. The van der Waals surface area contributed by atoms with E-state index in [1.54, 1.807) is 0 Å². The Hall–Kier alpha value is -4.02. The summed E-state index contributed by atoms with van der Waals surface area (Å²) in [5.74, 6) is -2.19. The number of phosphoric acid groups is 2. The molecule has 5 unspecified atom stereocenters. The first-order valence-corrected chi connectivity index (χ1v) is 44.5. The van der Waals surface area contributed by atoms with Gasteiger partial charge in [-0.05, 0) is 122 Å². The fourth-order valence-electron chi connectivity index (χ4n) is 11.2. The number of carbonyl (C=O) groups excluding carboxylic acids is 4. The number of hydrogen-bond acceptors (Lipinski definition) is 15. The predicted octanol–water partition coefficient (Wildman–Crippen LogP) is 24.3. The van der Waals surface area contributed by atoms with Crippen molar-refractivity contribution in [3.05, 3.63) is 97.2 Å². The van der Waals surface area contributed by atoms with E-state index in [0.717, 1.165) is 186 Å². The maximum absolute atomic E-state index is 13.1. The highest BCUT2D eigenvalue weighted by molar-refractivity contribution is 7.47. The second-order valence-electron chi connectivity index (χ2n) is 27.7. The van der Waals surface area contributed by atoms with E-state index in [4.69, 9.17) is 37.0 Å². The third kappa shape index (κ3) is 76.2. The summed E-state index contributed by atoms with van der Waals surface area (Å²) in [7, 11) is -9.96. The molecule has 0 aliphatic carbocycles. The number of rotatable bonds is 78. The molecule has 0 aromatic heterocycles. The molecule has 0 aliphatic rings. The van der Waals surface area contributed by atoms with Gasteiger partial charge in [-0.2, -0.15) is 0 Å². The van der Waals surface area contributed by atoms with Crippen LogP contribution in [0.15, 0.2) is 97.2 Å². The Morgan fingerprint density at radius 3 is 0.827 bits per heavy atom. The number of aliphatic hydroxyl groups is 1. The van der Waals surface area contributed by atoms with Gasteiger partial charge in [-0.25, -0.2) is 9.13 Å². The molecule has 0 saturated heterocycles. The molecule has 3 N–H and O–H groups in total. The molecule has 17 nitrogen and oxygen atoms in total. The maximum atomic E-state index is 13.1. The molecule has 0 heterocycles. The van der Waals surface area contributed by atoms with Crippen LogP contribution in [-0.2, 0) is 65.4 Å². The van der Waals surface area contributed by atoms with Crippen LogP contribution in [-0.4, -0.2) is 96.7 Å². The molecule has 0 aromatic carbocycles. The van der Waals surface area contributed by atoms with Gasteiger partial charge in [-0.1, -0.05) is 311 Å². The first-order chi connectivity index (χ1) is 50.7. The zero-order valence-corrected chi connectivity index (χ0v) is 67.7. The summed E-state index contributed by atoms with van der Waals surface area (Å²) in [5.41, 5.74) is 0. The van der Waals surface area contributed by atoms with Gasteiger partial charge in [-0.15, -0.1) is 0 Å². The third-order valence-electron chi connectivity index (χ3n) is 17.5. The molecule has 0 rings (SSSR count). The summed E-state index contributed by atoms with van der Waals surface area (Å²) in [6.07, 6.45) is 82.3. The lowest BCUT2D eigenvalue weighted by Crippen LogP contribution is -2.30. The van der Waals surface area contributed by atoms with Crippen molar-refractivity contribution >= 4 is 39.5 Å². The Kier molecular flexibility index (Phi) is 74.2. The lowest BCUT2D eigenvalue weighted by Gasteiger charge is -2.21. The van der Waals surface area contributed by atoms with Crippen LogP contribution in [0.5, 0.6) is 0 Å². The van der Waals surface area contributed by atoms with Crippen molar-refractivity contribution in [2.24, 2.45) is 0 Å². The predicted molar refractivity (Wildman–Crippen MR) is 427 cm³/mol. The Morgan fingerprint density at radius 2 is 0.510 bits per heavy atom. The van der Waals surface area contributed by atoms with E-state index in [9.17, 15) is 43.2 Å². The van der Waals surface area contributed by atoms with Crippen LogP contribution in [0.1, 0.15) is 362 Å². The molecule has 0 radical (unpaired) electrons. The molecule has 602 valence electrons. The molecule has 0 amide bonds. The molecule has 0 saturated carbocycles. The molecule has 104 heavy (non-hydrogen) atoms. The zero-order chi connectivity index (χ0) is 76.0. The first-order valence-electron chi connectivity index (χ1n) is 41.5. The highest BCUT2D eigenvalue weighted by atomic mass is 31.2. The van der Waals surface area contributed by atoms with E-state index in [1.165, 1.54) is 96.3 Å². The largest absolute Gasteiger partial charge is 0.472 e. The highest BCUT2D eigenvalue weighted by Crippen LogP contribution is 2.45. The van der Waals surface area contributed by atoms with Crippen LogP contribution < -0.4 is 0 Å². The van der Waals surface area contributed by atoms with Gasteiger partial charge in [-0.3, -0.25) is 37.3 Å². The molecular weight excluding hydrogens is 1350 g/mol. The number of phosphoric ester groups is 2. The van der Waals surface area contributed by atoms with Crippen molar-refractivity contribution in [2.75, 3.05) is 39.6 Å². The van der Waals surface area contributed by atoms with E-state index < -0.39 is 97.5 Å². The summed E-state index contributed by atoms with van der Waals surface area (Å²) in [6.45, 7) is 4.72. The van der Waals surface area contributed by atoms with Crippen molar-refractivity contribution < 1.29 is 80.2 Å². The Morgan fingerprint density at radius 1 is 0.279 bits per heavy atom. The van der Waals surface area contributed by atoms with Crippen molar-refractivity contribution in [2.45, 2.75) is 380 Å². The highest BCUT2D eigenvalue weighted by Gasteiger charge is 2.30. The van der Waals surface area contributed by atoms with Gasteiger partial charge in [0.1, 0.15) is 19.3 Å². The Labute approximate surface area is 633 Å². The van der Waals surface area contributed by atoms with Crippen LogP contribution in [0.4, 0.5) is 0 Å². The normalized spacial score (nSPS) is 14.3. The molecule has 19 heteroatoms. The molecular formula is C85H150O17P2. The van der Waals surface area contributed by atoms with Gasteiger partial charge in [0.25, 0.3) is 0 Å². The second-order valence-corrected chi connectivity index (χ2v) is 30.6. The summed E-state index contributed by atoms with van der Waals surface area (Å²) >= 11 is 0. The van der Waals surface area contributed by atoms with Crippen molar-refractivity contribution in [3.63, 3.8) is 0 Å². The lowest BCUT2D eigenvalue weighted by molar-refractivity contribution is -0.161. The van der Waals surface area contributed by atoms with E-state index >= 15 is 0 Å². The van der Waals surface area contributed by atoms with Crippen LogP contribution in [0.2, 0.25) is 0 Å². The zero-order valence-electron chi connectivity index (χ0n) is 65.9. The minimum Gasteiger partial charge on any atom is -0.462 e. The monoisotopic (exact) mass is 1510 g/mol. The molecule has 0 aromatic rings. The molecule has 0 fully saturated rings. The van der Waals surface area contributed by atoms with E-state index in [1.807, 2.05) is 0 Å². The molecule has 0 bridgehead atoms. The lowest BCUT2D eigenvalue weighted by atomic mass is 10.0. The molecule has 5 atom stereocenters. The quantitative estimate of drug-likeness (QED) is 0.0169. The fourth-order valence-corrected chi connectivity index (χ4v) is 12.8. The number of allylic oxidation sites excluding steroid dienone is 16. The van der Waals surface area contributed by atoms with E-state index in [0.29, 0.717) is 25.7 Å². The van der Waals surface area contributed by atoms with E-state index in [-0.39, 0.29) is 25.7 Å². The van der Waals surface area contributed by atoms with Gasteiger partial charge in [0.15, 0.2) is 12.2 Å². The van der Waals surface area contributed by atoms with Gasteiger partial charge in [0, 0.05) is 25.7 Å². The average molecular weight is 1510 g/mol. The van der Waals surface area contributed by atoms with Crippen LogP contribution in [0, 0.1) is 0 Å². The fraction of sp³-hybridized carbons (Fsp3) is 0.765. The smallest absolute Gasteiger partial charge is 0.462 e. The third-order valence-corrected chi connectivity index (χ3v) is 19.4. The summed E-state index contributed by atoms with van der Waals surface area (Å²) in [4.78, 5) is 73.1. The SMILES string of the molecule is CC/C=C\C/C=C\C/C=C\C/C=C\CCCCCCCCC(=O)OCC(COP(=O)(O)OCC(O)COP(=O)(O)OCC(COC(=O)CCCCCCCC/C=C\C/C=C\C/C=C\CCCCC)OC(=O)CCCCCCCCCCCCCCCCC)OC(=O)CCCCCCC/C=C\CCCC. The Balaban J connectivity index is 5.31. The first kappa shape index (κ1) is 100.0. The van der Waals surface area contributed by atoms with Crippen molar-refractivity contribution in [3.8, 4) is 0 Å². The minimum absolute atomic E-state index is 0.0815.